The Balaban J connectivity index is 0.000000328. The minimum atomic E-state index is 0.319. The number of nitriles is 1. The van der Waals surface area contributed by atoms with Crippen LogP contribution in [0.1, 0.15) is 24.5 Å². The monoisotopic (exact) mass is 287 g/mol. The van der Waals surface area contributed by atoms with Crippen LogP contribution in [0.2, 0.25) is 0 Å². The smallest absolute Gasteiger partial charge is 0.103 e. The summed E-state index contributed by atoms with van der Waals surface area (Å²) in [5.74, 6) is 1.09. The molecule has 104 valence electrons. The van der Waals surface area contributed by atoms with Gasteiger partial charge in [0, 0.05) is 28.8 Å². The molecular weight excluding hydrogens is 270 g/mol. The summed E-state index contributed by atoms with van der Waals surface area (Å²) >= 11 is 1.84. The number of nitrogens with zero attached hydrogens (tertiary/aromatic N) is 2. The maximum absolute atomic E-state index is 8.95. The SMILES string of the molecule is CCCO.N#Cc1cnc2ccc3c(c2c1N)CCS3. The van der Waals surface area contributed by atoms with Crippen LogP contribution in [0.3, 0.4) is 0 Å². The molecule has 0 unspecified atom stereocenters. The van der Waals surface area contributed by atoms with Crippen LogP contribution in [0.15, 0.2) is 23.2 Å². The summed E-state index contributed by atoms with van der Waals surface area (Å²) in [7, 11) is 0. The van der Waals surface area contributed by atoms with Crippen LogP contribution in [-0.4, -0.2) is 22.5 Å². The van der Waals surface area contributed by atoms with Gasteiger partial charge >= 0.3 is 0 Å². The zero-order chi connectivity index (χ0) is 14.5. The predicted octanol–water partition coefficient (Wildman–Crippen LogP) is 2.73. The van der Waals surface area contributed by atoms with Gasteiger partial charge in [-0.2, -0.15) is 5.26 Å². The molecule has 1 aliphatic rings. The van der Waals surface area contributed by atoms with Gasteiger partial charge in [0.2, 0.25) is 0 Å². The normalized spacial score (nSPS) is 12.4. The second-order valence-corrected chi connectivity index (χ2v) is 5.59. The van der Waals surface area contributed by atoms with E-state index < -0.39 is 0 Å². The Kier molecular flexibility index (Phi) is 4.83. The summed E-state index contributed by atoms with van der Waals surface area (Å²) in [6.07, 6.45) is 3.43. The van der Waals surface area contributed by atoms with Gasteiger partial charge in [0.15, 0.2) is 0 Å². The molecule has 0 fully saturated rings. The highest BCUT2D eigenvalue weighted by molar-refractivity contribution is 7.99. The average molecular weight is 287 g/mol. The molecule has 5 heteroatoms. The number of pyridine rings is 1. The lowest BCUT2D eigenvalue weighted by molar-refractivity contribution is 0.295. The summed E-state index contributed by atoms with van der Waals surface area (Å²) in [6.45, 7) is 2.25. The zero-order valence-corrected chi connectivity index (χ0v) is 12.2. The van der Waals surface area contributed by atoms with Gasteiger partial charge in [-0.1, -0.05) is 6.92 Å². The van der Waals surface area contributed by atoms with E-state index in [-0.39, 0.29) is 0 Å². The van der Waals surface area contributed by atoms with Crippen molar-refractivity contribution >= 4 is 28.4 Å². The van der Waals surface area contributed by atoms with Crippen molar-refractivity contribution in [1.29, 1.82) is 5.26 Å². The maximum atomic E-state index is 8.95. The van der Waals surface area contributed by atoms with Crippen molar-refractivity contribution in [3.05, 3.63) is 29.5 Å². The van der Waals surface area contributed by atoms with Crippen LogP contribution in [0.4, 0.5) is 5.69 Å². The predicted molar refractivity (Wildman–Crippen MR) is 82.7 cm³/mol. The number of hydrogen-bond acceptors (Lipinski definition) is 5. The minimum absolute atomic E-state index is 0.319. The van der Waals surface area contributed by atoms with Gasteiger partial charge in [-0.15, -0.1) is 11.8 Å². The summed E-state index contributed by atoms with van der Waals surface area (Å²) in [6, 6.07) is 6.15. The van der Waals surface area contributed by atoms with Crippen molar-refractivity contribution in [2.45, 2.75) is 24.7 Å². The fourth-order valence-corrected chi connectivity index (χ4v) is 3.17. The Bertz CT molecular complexity index is 657. The third-order valence-corrected chi connectivity index (χ3v) is 4.20. The first-order valence-corrected chi connectivity index (χ1v) is 7.55. The molecule has 0 radical (unpaired) electrons. The molecule has 0 spiro atoms. The summed E-state index contributed by atoms with van der Waals surface area (Å²) in [4.78, 5) is 5.55. The van der Waals surface area contributed by atoms with E-state index in [0.717, 1.165) is 29.5 Å². The minimum Gasteiger partial charge on any atom is -0.397 e. The van der Waals surface area contributed by atoms with Gasteiger partial charge in [0.1, 0.15) is 6.07 Å². The van der Waals surface area contributed by atoms with Crippen LogP contribution in [0.25, 0.3) is 10.9 Å². The second kappa shape index (κ2) is 6.60. The van der Waals surface area contributed by atoms with Crippen LogP contribution in [0.5, 0.6) is 0 Å². The summed E-state index contributed by atoms with van der Waals surface area (Å²) in [5, 5.41) is 17.8. The van der Waals surface area contributed by atoms with Gasteiger partial charge < -0.3 is 10.8 Å². The number of rotatable bonds is 1. The Morgan fingerprint density at radius 1 is 1.50 bits per heavy atom. The van der Waals surface area contributed by atoms with E-state index in [1.807, 2.05) is 24.8 Å². The fraction of sp³-hybridized carbons (Fsp3) is 0.333. The second-order valence-electron chi connectivity index (χ2n) is 4.46. The number of aliphatic hydroxyl groups excluding tert-OH is 1. The lowest BCUT2D eigenvalue weighted by atomic mass is 10.0. The fourth-order valence-electron chi connectivity index (χ4n) is 2.10. The molecule has 1 aromatic carbocycles. The third-order valence-electron chi connectivity index (χ3n) is 3.09. The van der Waals surface area contributed by atoms with Gasteiger partial charge in [0.25, 0.3) is 0 Å². The zero-order valence-electron chi connectivity index (χ0n) is 11.4. The van der Waals surface area contributed by atoms with Crippen molar-refractivity contribution in [1.82, 2.24) is 4.98 Å². The number of nitrogens with two attached hydrogens (primary N) is 1. The number of hydrogen-bond donors (Lipinski definition) is 2. The highest BCUT2D eigenvalue weighted by Gasteiger charge is 2.17. The molecule has 3 N–H and O–H groups in total. The quantitative estimate of drug-likeness (QED) is 0.842. The van der Waals surface area contributed by atoms with E-state index in [1.54, 1.807) is 6.20 Å². The molecule has 20 heavy (non-hydrogen) atoms. The number of benzene rings is 1. The highest BCUT2D eigenvalue weighted by Crippen LogP contribution is 2.38. The van der Waals surface area contributed by atoms with Crippen LogP contribution in [0, 0.1) is 11.3 Å². The van der Waals surface area contributed by atoms with Crippen molar-refractivity contribution in [3.63, 3.8) is 0 Å². The van der Waals surface area contributed by atoms with Gasteiger partial charge in [0.05, 0.1) is 16.8 Å². The molecule has 1 aromatic heterocycles. The van der Waals surface area contributed by atoms with E-state index in [0.29, 0.717) is 17.9 Å². The molecule has 0 amide bonds. The molecule has 0 saturated heterocycles. The maximum Gasteiger partial charge on any atom is 0.103 e. The molecule has 2 heterocycles. The Morgan fingerprint density at radius 3 is 2.90 bits per heavy atom. The molecule has 0 bridgehead atoms. The molecule has 1 aliphatic heterocycles. The first-order chi connectivity index (χ1) is 9.72. The number of aryl methyl sites for hydroxylation is 1. The number of aliphatic hydroxyl groups is 1. The first-order valence-electron chi connectivity index (χ1n) is 6.56. The van der Waals surface area contributed by atoms with Crippen molar-refractivity contribution in [3.8, 4) is 6.07 Å². The third kappa shape index (κ3) is 2.72. The number of fused-ring (bicyclic) bond motifs is 3. The lowest BCUT2D eigenvalue weighted by Crippen LogP contribution is -1.97. The summed E-state index contributed by atoms with van der Waals surface area (Å²) < 4.78 is 0. The van der Waals surface area contributed by atoms with E-state index in [9.17, 15) is 0 Å². The Morgan fingerprint density at radius 2 is 2.25 bits per heavy atom. The number of anilines is 1. The number of thioether (sulfide) groups is 1. The van der Waals surface area contributed by atoms with Crippen molar-refractivity contribution in [2.75, 3.05) is 18.1 Å². The van der Waals surface area contributed by atoms with Crippen molar-refractivity contribution < 1.29 is 5.11 Å². The molecule has 0 aliphatic carbocycles. The van der Waals surface area contributed by atoms with Gasteiger partial charge in [-0.3, -0.25) is 4.98 Å². The van der Waals surface area contributed by atoms with Crippen LogP contribution in [-0.2, 0) is 6.42 Å². The van der Waals surface area contributed by atoms with E-state index in [4.69, 9.17) is 16.1 Å². The van der Waals surface area contributed by atoms with E-state index >= 15 is 0 Å². The standard InChI is InChI=1S/C12H9N3S.C3H8O/c13-5-7-6-15-9-1-2-10-8(3-4-16-10)11(9)12(7)14;1-2-3-4/h1-2,6H,3-4H2,(H2,14,15);4H,2-3H2,1H3. The van der Waals surface area contributed by atoms with E-state index in [1.165, 1.54) is 10.5 Å². The first kappa shape index (κ1) is 14.6. The van der Waals surface area contributed by atoms with Crippen LogP contribution < -0.4 is 5.73 Å². The van der Waals surface area contributed by atoms with Gasteiger partial charge in [-0.25, -0.2) is 0 Å². The van der Waals surface area contributed by atoms with Gasteiger partial charge in [-0.05, 0) is 30.5 Å². The topological polar surface area (TPSA) is 82.9 Å². The van der Waals surface area contributed by atoms with Crippen molar-refractivity contribution in [2.24, 2.45) is 0 Å². The largest absolute Gasteiger partial charge is 0.397 e. The summed E-state index contributed by atoms with van der Waals surface area (Å²) in [5.41, 5.74) is 9.22. The highest BCUT2D eigenvalue weighted by atomic mass is 32.2. The molecule has 0 atom stereocenters. The average Bonchev–Trinajstić information content (AvgIpc) is 2.96. The number of nitrogen functional groups attached to an aromatic ring is 1. The molecule has 3 rings (SSSR count). The number of aromatic nitrogens is 1. The molecular formula is C15H17N3OS. The molecule has 2 aromatic rings. The molecule has 0 saturated carbocycles. The van der Waals surface area contributed by atoms with Crippen LogP contribution >= 0.6 is 11.8 Å². The molecule has 4 nitrogen and oxygen atoms in total. The lowest BCUT2D eigenvalue weighted by Gasteiger charge is -2.07. The van der Waals surface area contributed by atoms with E-state index in [2.05, 4.69) is 17.1 Å². The Labute approximate surface area is 122 Å². The Hall–Kier alpha value is -1.77.